The third-order valence-electron chi connectivity index (χ3n) is 7.04. The fourth-order valence-corrected chi connectivity index (χ4v) is 4.82. The molecule has 0 aliphatic heterocycles. The summed E-state index contributed by atoms with van der Waals surface area (Å²) in [4.78, 5) is 0. The second kappa shape index (κ2) is 14.8. The van der Waals surface area contributed by atoms with Crippen LogP contribution >= 0.6 is 0 Å². The lowest BCUT2D eigenvalue weighted by Gasteiger charge is -2.26. The van der Waals surface area contributed by atoms with Crippen molar-refractivity contribution in [2.24, 2.45) is 5.92 Å². The monoisotopic (exact) mass is 444 g/mol. The Morgan fingerprint density at radius 2 is 1.39 bits per heavy atom. The van der Waals surface area contributed by atoms with Gasteiger partial charge < -0.3 is 4.74 Å². The average Bonchev–Trinajstić information content (AvgIpc) is 2.87. The molecule has 2 aromatic rings. The Bertz CT molecular complexity index is 829. The molecule has 0 radical (unpaired) electrons. The molecule has 33 heavy (non-hydrogen) atoms. The van der Waals surface area contributed by atoms with Crippen molar-refractivity contribution in [3.63, 3.8) is 0 Å². The summed E-state index contributed by atoms with van der Waals surface area (Å²) in [6.07, 6.45) is 16.6. The molecule has 0 atom stereocenters. The van der Waals surface area contributed by atoms with Gasteiger partial charge in [0.2, 0.25) is 0 Å². The molecule has 0 aromatic heterocycles. The van der Waals surface area contributed by atoms with E-state index < -0.39 is 0 Å². The van der Waals surface area contributed by atoms with Gasteiger partial charge in [-0.1, -0.05) is 88.5 Å². The van der Waals surface area contributed by atoms with E-state index >= 15 is 0 Å². The van der Waals surface area contributed by atoms with Crippen LogP contribution in [0.5, 0.6) is 5.75 Å². The van der Waals surface area contributed by atoms with Gasteiger partial charge in [0, 0.05) is 11.5 Å². The van der Waals surface area contributed by atoms with Crippen LogP contribution in [0.25, 0.3) is 0 Å². The second-order valence-electron chi connectivity index (χ2n) is 9.80. The first-order valence-electron chi connectivity index (χ1n) is 13.6. The number of aryl methyl sites for hydroxylation is 1. The number of hydrogen-bond acceptors (Lipinski definition) is 1. The minimum absolute atomic E-state index is 0.536. The topological polar surface area (TPSA) is 9.23 Å². The van der Waals surface area contributed by atoms with Crippen molar-refractivity contribution in [2.45, 2.75) is 103 Å². The first-order valence-corrected chi connectivity index (χ1v) is 13.6. The molecule has 1 aliphatic carbocycles. The summed E-state index contributed by atoms with van der Waals surface area (Å²) in [7, 11) is 0. The lowest BCUT2D eigenvalue weighted by molar-refractivity contribution is 0.306. The fourth-order valence-electron chi connectivity index (χ4n) is 4.82. The van der Waals surface area contributed by atoms with Gasteiger partial charge in [0.25, 0.3) is 0 Å². The molecule has 1 saturated carbocycles. The van der Waals surface area contributed by atoms with Crippen molar-refractivity contribution in [3.05, 3.63) is 65.2 Å². The van der Waals surface area contributed by atoms with Gasteiger partial charge in [-0.25, -0.2) is 0 Å². The highest BCUT2D eigenvalue weighted by molar-refractivity contribution is 5.38. The lowest BCUT2D eigenvalue weighted by atomic mass is 9.78. The molecule has 3 rings (SSSR count). The van der Waals surface area contributed by atoms with Crippen LogP contribution in [0.3, 0.4) is 0 Å². The van der Waals surface area contributed by atoms with Gasteiger partial charge in [-0.3, -0.25) is 0 Å². The fraction of sp³-hybridized carbons (Fsp3) is 0.562. The maximum absolute atomic E-state index is 5.80. The van der Waals surface area contributed by atoms with E-state index in [1.165, 1.54) is 88.2 Å². The van der Waals surface area contributed by atoms with Crippen LogP contribution in [0.15, 0.2) is 48.5 Å². The number of ether oxygens (including phenoxy) is 1. The van der Waals surface area contributed by atoms with Crippen molar-refractivity contribution in [2.75, 3.05) is 6.61 Å². The minimum atomic E-state index is 0.536. The highest BCUT2D eigenvalue weighted by Crippen LogP contribution is 2.35. The third-order valence-corrected chi connectivity index (χ3v) is 7.04. The molecule has 0 N–H and O–H groups in total. The van der Waals surface area contributed by atoms with Crippen molar-refractivity contribution >= 4 is 0 Å². The molecule has 0 bridgehead atoms. The maximum atomic E-state index is 5.80. The molecular formula is C32H44O. The summed E-state index contributed by atoms with van der Waals surface area (Å²) >= 11 is 0. The van der Waals surface area contributed by atoms with E-state index in [0.717, 1.165) is 24.3 Å². The van der Waals surface area contributed by atoms with Crippen molar-refractivity contribution < 1.29 is 4.74 Å². The number of rotatable bonds is 12. The third kappa shape index (κ3) is 9.29. The summed E-state index contributed by atoms with van der Waals surface area (Å²) < 4.78 is 5.80. The smallest absolute Gasteiger partial charge is 0.119 e. The zero-order chi connectivity index (χ0) is 23.1. The first-order chi connectivity index (χ1) is 16.3. The molecule has 0 unspecified atom stereocenters. The molecule has 0 spiro atoms. The van der Waals surface area contributed by atoms with E-state index in [-0.39, 0.29) is 0 Å². The van der Waals surface area contributed by atoms with Gasteiger partial charge >= 0.3 is 0 Å². The Morgan fingerprint density at radius 3 is 2.09 bits per heavy atom. The highest BCUT2D eigenvalue weighted by Gasteiger charge is 2.21. The SMILES string of the molecule is CCCCCCCc1ccc(C2CCC(C#Cc3ccc(OCCCCC)cc3)CC2)cc1. The van der Waals surface area contributed by atoms with Crippen LogP contribution in [0, 0.1) is 17.8 Å². The molecule has 178 valence electrons. The van der Waals surface area contributed by atoms with Gasteiger partial charge in [0.1, 0.15) is 5.75 Å². The van der Waals surface area contributed by atoms with E-state index in [4.69, 9.17) is 4.74 Å². The van der Waals surface area contributed by atoms with Crippen LogP contribution in [0.1, 0.15) is 114 Å². The van der Waals surface area contributed by atoms with Gasteiger partial charge in [-0.2, -0.15) is 0 Å². The molecule has 1 heteroatoms. The maximum Gasteiger partial charge on any atom is 0.119 e. The van der Waals surface area contributed by atoms with Gasteiger partial charge in [-0.05, 0) is 86.3 Å². The minimum Gasteiger partial charge on any atom is -0.494 e. The Hall–Kier alpha value is -2.20. The van der Waals surface area contributed by atoms with Crippen molar-refractivity contribution in [1.29, 1.82) is 0 Å². The average molecular weight is 445 g/mol. The summed E-state index contributed by atoms with van der Waals surface area (Å²) in [5.41, 5.74) is 4.14. The first kappa shape index (κ1) is 25.4. The summed E-state index contributed by atoms with van der Waals surface area (Å²) in [6.45, 7) is 5.31. The second-order valence-corrected chi connectivity index (χ2v) is 9.80. The summed E-state index contributed by atoms with van der Waals surface area (Å²) in [6, 6.07) is 17.8. The predicted octanol–water partition coefficient (Wildman–Crippen LogP) is 9.09. The zero-order valence-corrected chi connectivity index (χ0v) is 21.1. The molecule has 2 aromatic carbocycles. The zero-order valence-electron chi connectivity index (χ0n) is 21.1. The molecule has 0 heterocycles. The van der Waals surface area contributed by atoms with E-state index in [9.17, 15) is 0 Å². The molecule has 1 fully saturated rings. The molecule has 0 amide bonds. The number of benzene rings is 2. The van der Waals surface area contributed by atoms with E-state index in [1.54, 1.807) is 0 Å². The van der Waals surface area contributed by atoms with Crippen molar-refractivity contribution in [1.82, 2.24) is 0 Å². The van der Waals surface area contributed by atoms with E-state index in [0.29, 0.717) is 11.8 Å². The predicted molar refractivity (Wildman–Crippen MR) is 142 cm³/mol. The Morgan fingerprint density at radius 1 is 0.727 bits per heavy atom. The molecule has 1 aliphatic rings. The van der Waals surface area contributed by atoms with Crippen molar-refractivity contribution in [3.8, 4) is 17.6 Å². The molecule has 1 nitrogen and oxygen atoms in total. The molecular weight excluding hydrogens is 400 g/mol. The number of hydrogen-bond donors (Lipinski definition) is 0. The standard InChI is InChI=1S/C32H44O/c1-3-5-7-8-9-11-27-14-20-30(21-15-27)31-22-16-28(17-23-31)12-13-29-18-24-32(25-19-29)33-26-10-6-4-2/h14-15,18-21,24-25,28,31H,3-11,16-17,22-23,26H2,1-2H3. The Balaban J connectivity index is 1.39. The van der Waals surface area contributed by atoms with E-state index in [1.807, 2.05) is 0 Å². The largest absolute Gasteiger partial charge is 0.494 e. The van der Waals surface area contributed by atoms with Crippen LogP contribution in [-0.2, 0) is 6.42 Å². The normalized spacial score (nSPS) is 17.9. The Labute approximate surface area is 203 Å². The van der Waals surface area contributed by atoms with E-state index in [2.05, 4.69) is 74.2 Å². The quantitative estimate of drug-likeness (QED) is 0.234. The number of unbranched alkanes of at least 4 members (excludes halogenated alkanes) is 6. The van der Waals surface area contributed by atoms with Gasteiger partial charge in [0.15, 0.2) is 0 Å². The summed E-state index contributed by atoms with van der Waals surface area (Å²) in [5.74, 6) is 9.16. The Kier molecular flexibility index (Phi) is 11.4. The van der Waals surface area contributed by atoms with Gasteiger partial charge in [0.05, 0.1) is 6.61 Å². The van der Waals surface area contributed by atoms with Crippen LogP contribution in [0.4, 0.5) is 0 Å². The van der Waals surface area contributed by atoms with Crippen LogP contribution < -0.4 is 4.74 Å². The molecule has 0 saturated heterocycles. The summed E-state index contributed by atoms with van der Waals surface area (Å²) in [5, 5.41) is 0. The van der Waals surface area contributed by atoms with Crippen LogP contribution in [0.2, 0.25) is 0 Å². The lowest BCUT2D eigenvalue weighted by Crippen LogP contribution is -2.12. The highest BCUT2D eigenvalue weighted by atomic mass is 16.5. The van der Waals surface area contributed by atoms with Gasteiger partial charge in [-0.15, -0.1) is 0 Å². The van der Waals surface area contributed by atoms with Crippen LogP contribution in [-0.4, -0.2) is 6.61 Å².